The summed E-state index contributed by atoms with van der Waals surface area (Å²) in [6, 6.07) is 21.3. The second kappa shape index (κ2) is 9.11. The molecule has 1 aromatic heterocycles. The van der Waals surface area contributed by atoms with Crippen LogP contribution in [0.1, 0.15) is 11.7 Å². The number of para-hydroxylation sites is 1. The van der Waals surface area contributed by atoms with Crippen LogP contribution >= 0.6 is 15.9 Å². The number of hydrogen-bond acceptors (Lipinski definition) is 4. The minimum atomic E-state index is 0.232. The van der Waals surface area contributed by atoms with Gasteiger partial charge >= 0.3 is 0 Å². The van der Waals surface area contributed by atoms with Crippen molar-refractivity contribution in [3.05, 3.63) is 71.0 Å². The van der Waals surface area contributed by atoms with E-state index in [9.17, 15) is 0 Å². The van der Waals surface area contributed by atoms with Crippen molar-refractivity contribution in [2.45, 2.75) is 6.04 Å². The monoisotopic (exact) mass is 453 g/mol. The highest BCUT2D eigenvalue weighted by atomic mass is 79.9. The summed E-state index contributed by atoms with van der Waals surface area (Å²) >= 11 is 3.82. The fourth-order valence-corrected chi connectivity index (χ4v) is 4.60. The van der Waals surface area contributed by atoms with E-state index in [1.54, 1.807) is 0 Å². The Morgan fingerprint density at radius 2 is 1.59 bits per heavy atom. The molecule has 0 amide bonds. The Balaban J connectivity index is 1.56. The summed E-state index contributed by atoms with van der Waals surface area (Å²) in [6.45, 7) is 4.96. The summed E-state index contributed by atoms with van der Waals surface area (Å²) in [5, 5.41) is 3.38. The third kappa shape index (κ3) is 4.25. The first-order valence-electron chi connectivity index (χ1n) is 10.1. The van der Waals surface area contributed by atoms with E-state index in [1.807, 2.05) is 13.1 Å². The smallest absolute Gasteiger partial charge is 0.140 e. The van der Waals surface area contributed by atoms with Crippen LogP contribution in [0.15, 0.2) is 65.3 Å². The highest BCUT2D eigenvalue weighted by molar-refractivity contribution is 9.10. The molecule has 1 unspecified atom stereocenters. The third-order valence-electron chi connectivity index (χ3n) is 5.67. The van der Waals surface area contributed by atoms with Crippen LogP contribution in [0.5, 0.6) is 0 Å². The van der Waals surface area contributed by atoms with Gasteiger partial charge in [-0.1, -0.05) is 48.5 Å². The Morgan fingerprint density at radius 1 is 0.966 bits per heavy atom. The van der Waals surface area contributed by atoms with Gasteiger partial charge in [0.05, 0.1) is 11.7 Å². The normalized spacial score (nSPS) is 16.2. The van der Waals surface area contributed by atoms with Gasteiger partial charge in [-0.25, -0.2) is 4.98 Å². The van der Waals surface area contributed by atoms with Crippen LogP contribution in [-0.2, 0) is 7.05 Å². The first-order valence-corrected chi connectivity index (χ1v) is 10.9. The molecule has 2 aromatic carbocycles. The van der Waals surface area contributed by atoms with Crippen molar-refractivity contribution in [1.82, 2.24) is 19.8 Å². The van der Waals surface area contributed by atoms with Crippen LogP contribution < -0.4 is 10.2 Å². The number of rotatable bonds is 6. The van der Waals surface area contributed by atoms with Crippen LogP contribution in [-0.4, -0.2) is 54.2 Å². The number of likely N-dealkylation sites (N-methyl/N-ethyl adjacent to an activating group) is 1. The zero-order chi connectivity index (χ0) is 20.2. The molecular weight excluding hydrogens is 426 g/mol. The lowest BCUT2D eigenvalue weighted by Gasteiger charge is -2.40. The number of piperazine rings is 1. The number of hydrogen-bond donors (Lipinski definition) is 1. The third-order valence-corrected chi connectivity index (χ3v) is 6.61. The van der Waals surface area contributed by atoms with E-state index in [-0.39, 0.29) is 6.04 Å². The van der Waals surface area contributed by atoms with Gasteiger partial charge in [0.2, 0.25) is 0 Å². The quantitative estimate of drug-likeness (QED) is 0.613. The summed E-state index contributed by atoms with van der Waals surface area (Å²) in [4.78, 5) is 10.1. The molecule has 0 saturated carbocycles. The highest BCUT2D eigenvalue weighted by Gasteiger charge is 2.29. The van der Waals surface area contributed by atoms with Crippen LogP contribution in [0.25, 0.3) is 11.4 Å². The van der Waals surface area contributed by atoms with Crippen LogP contribution in [0.4, 0.5) is 5.69 Å². The van der Waals surface area contributed by atoms with E-state index in [4.69, 9.17) is 4.98 Å². The molecule has 0 spiro atoms. The van der Waals surface area contributed by atoms with E-state index < -0.39 is 0 Å². The second-order valence-electron chi connectivity index (χ2n) is 7.47. The van der Waals surface area contributed by atoms with Crippen molar-refractivity contribution in [3.63, 3.8) is 0 Å². The van der Waals surface area contributed by atoms with Gasteiger partial charge in [-0.3, -0.25) is 4.90 Å². The summed E-state index contributed by atoms with van der Waals surface area (Å²) in [5.74, 6) is 0.997. The largest absolute Gasteiger partial charge is 0.369 e. The first kappa shape index (κ1) is 20.1. The average Bonchev–Trinajstić information content (AvgIpc) is 3.08. The molecule has 1 N–H and O–H groups in total. The standard InChI is InChI=1S/C23H28BrN5/c1-25-17-20(29-15-13-28(14-16-29)19-11-7-4-8-12-19)21-22(24)27(2)23(26-21)18-9-5-3-6-10-18/h3-12,20,25H,13-17H2,1-2H3. The Kier molecular flexibility index (Phi) is 6.33. The van der Waals surface area contributed by atoms with E-state index in [1.165, 1.54) is 5.69 Å². The molecule has 1 fully saturated rings. The molecule has 152 valence electrons. The van der Waals surface area contributed by atoms with Gasteiger partial charge in [-0.2, -0.15) is 0 Å². The molecule has 0 aliphatic carbocycles. The number of halogens is 1. The summed E-state index contributed by atoms with van der Waals surface area (Å²) in [6.07, 6.45) is 0. The number of nitrogens with one attached hydrogen (secondary N) is 1. The molecule has 29 heavy (non-hydrogen) atoms. The van der Waals surface area contributed by atoms with E-state index in [0.29, 0.717) is 0 Å². The summed E-state index contributed by atoms with van der Waals surface area (Å²) in [5.41, 5.74) is 3.55. The maximum Gasteiger partial charge on any atom is 0.140 e. The molecule has 1 atom stereocenters. The predicted molar refractivity (Wildman–Crippen MR) is 123 cm³/mol. The van der Waals surface area contributed by atoms with Gasteiger partial charge in [0.15, 0.2) is 0 Å². The predicted octanol–water partition coefficient (Wildman–Crippen LogP) is 3.93. The van der Waals surface area contributed by atoms with Crippen LogP contribution in [0.2, 0.25) is 0 Å². The Morgan fingerprint density at radius 3 is 2.21 bits per heavy atom. The molecule has 1 aliphatic rings. The zero-order valence-electron chi connectivity index (χ0n) is 17.1. The van der Waals surface area contributed by atoms with Gasteiger partial charge in [-0.15, -0.1) is 0 Å². The minimum absolute atomic E-state index is 0.232. The van der Waals surface area contributed by atoms with Crippen molar-refractivity contribution in [2.24, 2.45) is 7.05 Å². The van der Waals surface area contributed by atoms with E-state index in [2.05, 4.69) is 97.3 Å². The van der Waals surface area contributed by atoms with Crippen molar-refractivity contribution < 1.29 is 0 Å². The average molecular weight is 454 g/mol. The number of imidazole rings is 1. The summed E-state index contributed by atoms with van der Waals surface area (Å²) in [7, 11) is 4.09. The molecular formula is C23H28BrN5. The maximum atomic E-state index is 5.07. The van der Waals surface area contributed by atoms with Crippen LogP contribution in [0.3, 0.4) is 0 Å². The van der Waals surface area contributed by atoms with E-state index in [0.717, 1.165) is 54.4 Å². The number of nitrogens with zero attached hydrogens (tertiary/aromatic N) is 4. The van der Waals surface area contributed by atoms with Crippen LogP contribution in [0, 0.1) is 0 Å². The number of anilines is 1. The van der Waals surface area contributed by atoms with E-state index >= 15 is 0 Å². The Bertz CT molecular complexity index is 917. The zero-order valence-corrected chi connectivity index (χ0v) is 18.6. The van der Waals surface area contributed by atoms with Gasteiger partial charge in [0, 0.05) is 51.0 Å². The van der Waals surface area contributed by atoms with Crippen molar-refractivity contribution in [1.29, 1.82) is 0 Å². The van der Waals surface area contributed by atoms with Gasteiger partial charge in [0.1, 0.15) is 10.4 Å². The molecule has 6 heteroatoms. The topological polar surface area (TPSA) is 36.3 Å². The lowest BCUT2D eigenvalue weighted by molar-refractivity contribution is 0.180. The molecule has 1 saturated heterocycles. The van der Waals surface area contributed by atoms with Crippen molar-refractivity contribution >= 4 is 21.6 Å². The molecule has 0 radical (unpaired) electrons. The highest BCUT2D eigenvalue weighted by Crippen LogP contribution is 2.32. The molecule has 4 rings (SSSR count). The molecule has 2 heterocycles. The molecule has 3 aromatic rings. The maximum absolute atomic E-state index is 5.07. The molecule has 1 aliphatic heterocycles. The fraction of sp³-hybridized carbons (Fsp3) is 0.348. The van der Waals surface area contributed by atoms with Gasteiger partial charge in [0.25, 0.3) is 0 Å². The van der Waals surface area contributed by atoms with Crippen molar-refractivity contribution in [2.75, 3.05) is 44.7 Å². The minimum Gasteiger partial charge on any atom is -0.369 e. The van der Waals surface area contributed by atoms with Gasteiger partial charge in [-0.05, 0) is 35.1 Å². The lowest BCUT2D eigenvalue weighted by Crippen LogP contribution is -2.49. The first-order chi connectivity index (χ1) is 14.2. The number of aromatic nitrogens is 2. The molecule has 5 nitrogen and oxygen atoms in total. The Labute approximate surface area is 181 Å². The SMILES string of the molecule is CNCC(c1nc(-c2ccccc2)n(C)c1Br)N1CCN(c2ccccc2)CC1. The lowest BCUT2D eigenvalue weighted by atomic mass is 10.1. The summed E-state index contributed by atoms with van der Waals surface area (Å²) < 4.78 is 3.20. The number of benzene rings is 2. The Hall–Kier alpha value is -2.15. The van der Waals surface area contributed by atoms with Crippen molar-refractivity contribution in [3.8, 4) is 11.4 Å². The van der Waals surface area contributed by atoms with Gasteiger partial charge < -0.3 is 14.8 Å². The fourth-order valence-electron chi connectivity index (χ4n) is 4.08. The molecule has 0 bridgehead atoms. The second-order valence-corrected chi connectivity index (χ2v) is 8.22.